The van der Waals surface area contributed by atoms with Gasteiger partial charge in [0.1, 0.15) is 0 Å². The van der Waals surface area contributed by atoms with E-state index in [1.54, 1.807) is 0 Å². The van der Waals surface area contributed by atoms with E-state index in [1.807, 2.05) is 24.3 Å². The van der Waals surface area contributed by atoms with E-state index in [2.05, 4.69) is 12.2 Å². The SMILES string of the molecule is CCCNC1Oc2ccccc2O1. The molecule has 1 aliphatic rings. The zero-order valence-corrected chi connectivity index (χ0v) is 7.62. The molecular weight excluding hydrogens is 166 g/mol. The van der Waals surface area contributed by atoms with Gasteiger partial charge in [-0.25, -0.2) is 5.32 Å². The second kappa shape index (κ2) is 3.66. The van der Waals surface area contributed by atoms with Crippen LogP contribution < -0.4 is 14.8 Å². The molecule has 13 heavy (non-hydrogen) atoms. The fraction of sp³-hybridized carbons (Fsp3) is 0.400. The van der Waals surface area contributed by atoms with E-state index < -0.39 is 0 Å². The van der Waals surface area contributed by atoms with Gasteiger partial charge in [-0.2, -0.15) is 0 Å². The number of hydrogen-bond donors (Lipinski definition) is 1. The Morgan fingerprint density at radius 2 is 1.85 bits per heavy atom. The van der Waals surface area contributed by atoms with Gasteiger partial charge >= 0.3 is 6.41 Å². The molecule has 2 rings (SSSR count). The fourth-order valence-electron chi connectivity index (χ4n) is 1.25. The van der Waals surface area contributed by atoms with Gasteiger partial charge in [0.2, 0.25) is 0 Å². The van der Waals surface area contributed by atoms with E-state index in [-0.39, 0.29) is 6.41 Å². The first-order valence-electron chi connectivity index (χ1n) is 4.56. The Morgan fingerprint density at radius 1 is 1.23 bits per heavy atom. The van der Waals surface area contributed by atoms with Crippen molar-refractivity contribution in [3.8, 4) is 11.5 Å². The molecule has 3 heteroatoms. The van der Waals surface area contributed by atoms with Crippen LogP contribution in [0.15, 0.2) is 24.3 Å². The van der Waals surface area contributed by atoms with Crippen molar-refractivity contribution in [2.45, 2.75) is 19.8 Å². The Balaban J connectivity index is 1.97. The van der Waals surface area contributed by atoms with Gasteiger partial charge in [-0.3, -0.25) is 0 Å². The highest BCUT2D eigenvalue weighted by molar-refractivity contribution is 5.41. The molecule has 0 saturated carbocycles. The molecule has 0 spiro atoms. The minimum Gasteiger partial charge on any atom is -0.438 e. The van der Waals surface area contributed by atoms with Crippen LogP contribution in [0.5, 0.6) is 11.5 Å². The third kappa shape index (κ3) is 1.75. The lowest BCUT2D eigenvalue weighted by Gasteiger charge is -2.10. The molecule has 0 bridgehead atoms. The van der Waals surface area contributed by atoms with Gasteiger partial charge in [-0.15, -0.1) is 0 Å². The summed E-state index contributed by atoms with van der Waals surface area (Å²) in [5, 5.41) is 3.13. The summed E-state index contributed by atoms with van der Waals surface area (Å²) in [6, 6.07) is 7.68. The van der Waals surface area contributed by atoms with Crippen LogP contribution in [0.4, 0.5) is 0 Å². The monoisotopic (exact) mass is 179 g/mol. The predicted octanol–water partition coefficient (Wildman–Crippen LogP) is 1.74. The average molecular weight is 179 g/mol. The summed E-state index contributed by atoms with van der Waals surface area (Å²) < 4.78 is 11.0. The summed E-state index contributed by atoms with van der Waals surface area (Å²) in [7, 11) is 0. The Morgan fingerprint density at radius 3 is 2.38 bits per heavy atom. The molecule has 0 fully saturated rings. The molecule has 1 aromatic rings. The highest BCUT2D eigenvalue weighted by atomic mass is 16.7. The maximum atomic E-state index is 5.48. The van der Waals surface area contributed by atoms with Crippen molar-refractivity contribution in [3.05, 3.63) is 24.3 Å². The van der Waals surface area contributed by atoms with Crippen LogP contribution in [0.2, 0.25) is 0 Å². The van der Waals surface area contributed by atoms with Crippen LogP contribution in [-0.4, -0.2) is 13.0 Å². The molecule has 1 heterocycles. The molecule has 0 aromatic heterocycles. The first-order chi connectivity index (χ1) is 6.40. The van der Waals surface area contributed by atoms with Crippen molar-refractivity contribution in [3.63, 3.8) is 0 Å². The normalized spacial score (nSPS) is 14.8. The molecule has 0 unspecified atom stereocenters. The van der Waals surface area contributed by atoms with Crippen LogP contribution in [0, 0.1) is 0 Å². The molecule has 1 aromatic carbocycles. The fourth-order valence-corrected chi connectivity index (χ4v) is 1.25. The molecule has 1 aliphatic heterocycles. The number of hydrogen-bond acceptors (Lipinski definition) is 3. The second-order valence-corrected chi connectivity index (χ2v) is 2.97. The number of fused-ring (bicyclic) bond motifs is 1. The van der Waals surface area contributed by atoms with Crippen molar-refractivity contribution in [1.82, 2.24) is 5.32 Å². The lowest BCUT2D eigenvalue weighted by molar-refractivity contribution is 0.0187. The lowest BCUT2D eigenvalue weighted by Crippen LogP contribution is -2.36. The summed E-state index contributed by atoms with van der Waals surface area (Å²) in [5.74, 6) is 1.63. The van der Waals surface area contributed by atoms with E-state index in [9.17, 15) is 0 Å². The van der Waals surface area contributed by atoms with E-state index in [1.165, 1.54) is 0 Å². The number of rotatable bonds is 3. The molecule has 0 amide bonds. The topological polar surface area (TPSA) is 30.5 Å². The Labute approximate surface area is 77.7 Å². The van der Waals surface area contributed by atoms with Crippen LogP contribution >= 0.6 is 0 Å². The van der Waals surface area contributed by atoms with Crippen molar-refractivity contribution in [2.24, 2.45) is 0 Å². The second-order valence-electron chi connectivity index (χ2n) is 2.97. The number of nitrogens with one attached hydrogen (secondary N) is 1. The van der Waals surface area contributed by atoms with Crippen molar-refractivity contribution >= 4 is 0 Å². The Kier molecular flexibility index (Phi) is 2.36. The van der Waals surface area contributed by atoms with Crippen LogP contribution in [-0.2, 0) is 0 Å². The van der Waals surface area contributed by atoms with Gasteiger partial charge in [0.25, 0.3) is 0 Å². The van der Waals surface area contributed by atoms with Gasteiger partial charge in [-0.1, -0.05) is 19.1 Å². The quantitative estimate of drug-likeness (QED) is 0.766. The molecule has 0 radical (unpaired) electrons. The van der Waals surface area contributed by atoms with Crippen LogP contribution in [0.1, 0.15) is 13.3 Å². The van der Waals surface area contributed by atoms with Crippen LogP contribution in [0.25, 0.3) is 0 Å². The largest absolute Gasteiger partial charge is 0.438 e. The minimum absolute atomic E-state index is 0.308. The van der Waals surface area contributed by atoms with Gasteiger partial charge in [0, 0.05) is 6.54 Å². The number of benzene rings is 1. The number of para-hydroxylation sites is 2. The zero-order chi connectivity index (χ0) is 9.10. The first kappa shape index (κ1) is 8.38. The first-order valence-corrected chi connectivity index (χ1v) is 4.56. The van der Waals surface area contributed by atoms with Crippen molar-refractivity contribution < 1.29 is 9.47 Å². The molecule has 70 valence electrons. The summed E-state index contributed by atoms with van der Waals surface area (Å²) >= 11 is 0. The molecule has 0 saturated heterocycles. The van der Waals surface area contributed by atoms with Gasteiger partial charge in [0.05, 0.1) is 0 Å². The average Bonchev–Trinajstić information content (AvgIpc) is 2.57. The molecule has 0 atom stereocenters. The lowest BCUT2D eigenvalue weighted by atomic mass is 10.3. The standard InChI is InChI=1S/C10H13NO2/c1-2-7-11-10-12-8-5-3-4-6-9(8)13-10/h3-6,10-11H,2,7H2,1H3. The summed E-state index contributed by atoms with van der Waals surface area (Å²) in [4.78, 5) is 0. The summed E-state index contributed by atoms with van der Waals surface area (Å²) in [6.07, 6.45) is 0.761. The minimum atomic E-state index is -0.308. The third-order valence-corrected chi connectivity index (χ3v) is 1.88. The van der Waals surface area contributed by atoms with Crippen LogP contribution in [0.3, 0.4) is 0 Å². The maximum Gasteiger partial charge on any atom is 0.302 e. The highest BCUT2D eigenvalue weighted by Crippen LogP contribution is 2.32. The van der Waals surface area contributed by atoms with Gasteiger partial charge < -0.3 is 9.47 Å². The van der Waals surface area contributed by atoms with Gasteiger partial charge in [-0.05, 0) is 18.6 Å². The van der Waals surface area contributed by atoms with E-state index in [4.69, 9.17) is 9.47 Å². The maximum absolute atomic E-state index is 5.48. The van der Waals surface area contributed by atoms with Crippen molar-refractivity contribution in [2.75, 3.05) is 6.54 Å². The summed E-state index contributed by atoms with van der Waals surface area (Å²) in [6.45, 7) is 3.01. The van der Waals surface area contributed by atoms with Gasteiger partial charge in [0.15, 0.2) is 11.5 Å². The predicted molar refractivity (Wildman–Crippen MR) is 49.8 cm³/mol. The molecule has 0 aliphatic carbocycles. The van der Waals surface area contributed by atoms with Crippen molar-refractivity contribution in [1.29, 1.82) is 0 Å². The molecule has 1 N–H and O–H groups in total. The third-order valence-electron chi connectivity index (χ3n) is 1.88. The van der Waals surface area contributed by atoms with E-state index in [0.29, 0.717) is 0 Å². The smallest absolute Gasteiger partial charge is 0.302 e. The van der Waals surface area contributed by atoms with E-state index >= 15 is 0 Å². The van der Waals surface area contributed by atoms with E-state index in [0.717, 1.165) is 24.5 Å². The highest BCUT2D eigenvalue weighted by Gasteiger charge is 2.21. The summed E-state index contributed by atoms with van der Waals surface area (Å²) in [5.41, 5.74) is 0. The molecule has 3 nitrogen and oxygen atoms in total. The Hall–Kier alpha value is -1.22. The Bertz CT molecular complexity index is 263. The number of ether oxygens (including phenoxy) is 2. The molecular formula is C10H13NO2. The zero-order valence-electron chi connectivity index (χ0n) is 7.62.